The van der Waals surface area contributed by atoms with Crippen molar-refractivity contribution in [1.29, 1.82) is 0 Å². The molecular formula is C11H26N2. The second-order valence-corrected chi connectivity index (χ2v) is 4.39. The highest BCUT2D eigenvalue weighted by Gasteiger charge is 2.30. The Morgan fingerprint density at radius 3 is 2.08 bits per heavy atom. The van der Waals surface area contributed by atoms with Gasteiger partial charge in [-0.25, -0.2) is 0 Å². The molecule has 0 aromatic heterocycles. The quantitative estimate of drug-likeness (QED) is 0.688. The number of rotatable bonds is 6. The van der Waals surface area contributed by atoms with Crippen LogP contribution < -0.4 is 5.73 Å². The number of nitrogens with zero attached hydrogens (tertiary/aromatic N) is 1. The van der Waals surface area contributed by atoms with E-state index in [-0.39, 0.29) is 5.54 Å². The van der Waals surface area contributed by atoms with Crippen LogP contribution in [0, 0.1) is 5.92 Å². The van der Waals surface area contributed by atoms with Crippen molar-refractivity contribution in [3.63, 3.8) is 0 Å². The molecule has 0 spiro atoms. The Bertz CT molecular complexity index is 128. The van der Waals surface area contributed by atoms with E-state index < -0.39 is 0 Å². The van der Waals surface area contributed by atoms with E-state index in [2.05, 4.69) is 39.8 Å². The summed E-state index contributed by atoms with van der Waals surface area (Å²) in [4.78, 5) is 2.29. The van der Waals surface area contributed by atoms with Gasteiger partial charge < -0.3 is 10.6 Å². The highest BCUT2D eigenvalue weighted by atomic mass is 15.2. The van der Waals surface area contributed by atoms with Gasteiger partial charge in [0.1, 0.15) is 0 Å². The summed E-state index contributed by atoms with van der Waals surface area (Å²) in [7, 11) is 4.28. The van der Waals surface area contributed by atoms with E-state index in [4.69, 9.17) is 5.73 Å². The average Bonchev–Trinajstić information content (AvgIpc) is 2.13. The molecule has 2 atom stereocenters. The van der Waals surface area contributed by atoms with Crippen molar-refractivity contribution < 1.29 is 0 Å². The molecule has 0 aromatic rings. The van der Waals surface area contributed by atoms with Crippen LogP contribution in [0.5, 0.6) is 0 Å². The second kappa shape index (κ2) is 5.61. The molecule has 0 saturated heterocycles. The fraction of sp³-hybridized carbons (Fsp3) is 1.00. The second-order valence-electron chi connectivity index (χ2n) is 4.39. The summed E-state index contributed by atoms with van der Waals surface area (Å²) in [6.07, 6.45) is 3.60. The molecule has 80 valence electrons. The normalized spacial score (nSPS) is 18.7. The highest BCUT2D eigenvalue weighted by molar-refractivity contribution is 4.88. The average molecular weight is 186 g/mol. The molecule has 13 heavy (non-hydrogen) atoms. The molecule has 0 saturated carbocycles. The predicted octanol–water partition coefficient (Wildman–Crippen LogP) is 2.09. The summed E-state index contributed by atoms with van der Waals surface area (Å²) < 4.78 is 0. The molecule has 0 heterocycles. The van der Waals surface area contributed by atoms with Crippen molar-refractivity contribution >= 4 is 0 Å². The van der Waals surface area contributed by atoms with Gasteiger partial charge in [0.2, 0.25) is 0 Å². The van der Waals surface area contributed by atoms with Crippen LogP contribution in [0.2, 0.25) is 0 Å². The van der Waals surface area contributed by atoms with Crippen molar-refractivity contribution in [3.8, 4) is 0 Å². The maximum Gasteiger partial charge on any atom is 0.0325 e. The van der Waals surface area contributed by atoms with E-state index in [1.165, 1.54) is 12.8 Å². The molecular weight excluding hydrogens is 160 g/mol. The zero-order valence-electron chi connectivity index (χ0n) is 9.93. The van der Waals surface area contributed by atoms with Gasteiger partial charge in [-0.1, -0.05) is 27.2 Å². The van der Waals surface area contributed by atoms with Crippen molar-refractivity contribution in [3.05, 3.63) is 0 Å². The fourth-order valence-electron chi connectivity index (χ4n) is 1.85. The molecule has 2 unspecified atom stereocenters. The van der Waals surface area contributed by atoms with Crippen molar-refractivity contribution in [2.45, 2.75) is 45.6 Å². The maximum absolute atomic E-state index is 5.88. The van der Waals surface area contributed by atoms with E-state index in [0.29, 0.717) is 0 Å². The monoisotopic (exact) mass is 186 g/mol. The third-order valence-corrected chi connectivity index (χ3v) is 3.41. The first-order chi connectivity index (χ1) is 6.02. The van der Waals surface area contributed by atoms with Crippen molar-refractivity contribution in [1.82, 2.24) is 4.90 Å². The lowest BCUT2D eigenvalue weighted by atomic mass is 9.84. The summed E-state index contributed by atoms with van der Waals surface area (Å²) in [5.74, 6) is 0.769. The van der Waals surface area contributed by atoms with Crippen LogP contribution in [0.1, 0.15) is 40.0 Å². The van der Waals surface area contributed by atoms with Gasteiger partial charge in [0.15, 0.2) is 0 Å². The molecule has 0 amide bonds. The van der Waals surface area contributed by atoms with Crippen molar-refractivity contribution in [2.24, 2.45) is 11.7 Å². The van der Waals surface area contributed by atoms with Gasteiger partial charge >= 0.3 is 0 Å². The summed E-state index contributed by atoms with van der Waals surface area (Å²) in [5, 5.41) is 0. The predicted molar refractivity (Wildman–Crippen MR) is 59.8 cm³/mol. The Morgan fingerprint density at radius 2 is 1.85 bits per heavy atom. The molecule has 2 heteroatoms. The molecule has 0 bridgehead atoms. The Kier molecular flexibility index (Phi) is 5.57. The standard InChI is InChI=1S/C11H26N2/c1-6-10(3)8-11(7-2,9-12)13(4)5/h10H,6-9,12H2,1-5H3. The van der Waals surface area contributed by atoms with E-state index in [0.717, 1.165) is 18.9 Å². The van der Waals surface area contributed by atoms with Gasteiger partial charge in [0, 0.05) is 12.1 Å². The Labute approximate surface area is 83.5 Å². The van der Waals surface area contributed by atoms with Gasteiger partial charge in [-0.3, -0.25) is 0 Å². The number of nitrogens with two attached hydrogens (primary N) is 1. The minimum atomic E-state index is 0.218. The van der Waals surface area contributed by atoms with Gasteiger partial charge in [0.05, 0.1) is 0 Å². The lowest BCUT2D eigenvalue weighted by molar-refractivity contribution is 0.120. The molecule has 0 radical (unpaired) electrons. The van der Waals surface area contributed by atoms with Gasteiger partial charge in [-0.2, -0.15) is 0 Å². The molecule has 0 aliphatic heterocycles. The first kappa shape index (κ1) is 12.9. The molecule has 2 nitrogen and oxygen atoms in total. The zero-order chi connectivity index (χ0) is 10.5. The highest BCUT2D eigenvalue weighted by Crippen LogP contribution is 2.26. The van der Waals surface area contributed by atoms with E-state index >= 15 is 0 Å². The topological polar surface area (TPSA) is 29.3 Å². The van der Waals surface area contributed by atoms with Crippen LogP contribution in [-0.2, 0) is 0 Å². The number of hydrogen-bond acceptors (Lipinski definition) is 2. The molecule has 0 rings (SSSR count). The summed E-state index contributed by atoms with van der Waals surface area (Å²) in [6.45, 7) is 7.55. The maximum atomic E-state index is 5.88. The van der Waals surface area contributed by atoms with Crippen LogP contribution in [0.3, 0.4) is 0 Å². The lowest BCUT2D eigenvalue weighted by Gasteiger charge is -2.40. The lowest BCUT2D eigenvalue weighted by Crippen LogP contribution is -2.50. The molecule has 0 aliphatic carbocycles. The van der Waals surface area contributed by atoms with E-state index in [9.17, 15) is 0 Å². The summed E-state index contributed by atoms with van der Waals surface area (Å²) in [5.41, 5.74) is 6.10. The fourth-order valence-corrected chi connectivity index (χ4v) is 1.85. The molecule has 0 aromatic carbocycles. The van der Waals surface area contributed by atoms with E-state index in [1.807, 2.05) is 0 Å². The van der Waals surface area contributed by atoms with Crippen LogP contribution in [-0.4, -0.2) is 31.1 Å². The SMILES string of the molecule is CCC(C)CC(CC)(CN)N(C)C. The Hall–Kier alpha value is -0.0800. The Morgan fingerprint density at radius 1 is 1.31 bits per heavy atom. The van der Waals surface area contributed by atoms with Gasteiger partial charge in [0.25, 0.3) is 0 Å². The largest absolute Gasteiger partial charge is 0.329 e. The minimum absolute atomic E-state index is 0.218. The number of likely N-dealkylation sites (N-methyl/N-ethyl adjacent to an activating group) is 1. The van der Waals surface area contributed by atoms with Crippen LogP contribution in [0.25, 0.3) is 0 Å². The summed E-state index contributed by atoms with van der Waals surface area (Å²) in [6, 6.07) is 0. The van der Waals surface area contributed by atoms with E-state index in [1.54, 1.807) is 0 Å². The first-order valence-corrected chi connectivity index (χ1v) is 5.40. The smallest absolute Gasteiger partial charge is 0.0325 e. The third kappa shape index (κ3) is 3.28. The molecule has 2 N–H and O–H groups in total. The minimum Gasteiger partial charge on any atom is -0.329 e. The summed E-state index contributed by atoms with van der Waals surface area (Å²) >= 11 is 0. The number of hydrogen-bond donors (Lipinski definition) is 1. The Balaban J connectivity index is 4.38. The van der Waals surface area contributed by atoms with Gasteiger partial charge in [-0.15, -0.1) is 0 Å². The van der Waals surface area contributed by atoms with Crippen molar-refractivity contribution in [2.75, 3.05) is 20.6 Å². The van der Waals surface area contributed by atoms with Crippen LogP contribution in [0.15, 0.2) is 0 Å². The molecule has 0 fully saturated rings. The molecule has 0 aliphatic rings. The first-order valence-electron chi connectivity index (χ1n) is 5.40. The third-order valence-electron chi connectivity index (χ3n) is 3.41. The zero-order valence-corrected chi connectivity index (χ0v) is 9.93. The van der Waals surface area contributed by atoms with Gasteiger partial charge in [-0.05, 0) is 32.9 Å². The van der Waals surface area contributed by atoms with Crippen LogP contribution >= 0.6 is 0 Å². The van der Waals surface area contributed by atoms with Crippen LogP contribution in [0.4, 0.5) is 0 Å².